The van der Waals surface area contributed by atoms with Crippen molar-refractivity contribution in [3.8, 4) is 22.9 Å². The van der Waals surface area contributed by atoms with Crippen LogP contribution in [0.25, 0.3) is 5.69 Å². The number of carbonyl (C=O) groups excluding carboxylic acids is 2. The first-order chi connectivity index (χ1) is 18.7. The van der Waals surface area contributed by atoms with E-state index >= 15 is 0 Å². The van der Waals surface area contributed by atoms with E-state index in [1.54, 1.807) is 25.1 Å². The van der Waals surface area contributed by atoms with Crippen LogP contribution < -0.4 is 19.6 Å². The highest BCUT2D eigenvalue weighted by atomic mass is 35.5. The largest absolute Gasteiger partial charge is 0.490 e. The second kappa shape index (κ2) is 12.4. The Morgan fingerprint density at radius 3 is 2.41 bits per heavy atom. The summed E-state index contributed by atoms with van der Waals surface area (Å²) in [6.07, 6.45) is 1.39. The van der Waals surface area contributed by atoms with Gasteiger partial charge in [0.2, 0.25) is 0 Å². The molecular formula is C29H28ClN3O6. The van der Waals surface area contributed by atoms with E-state index in [-0.39, 0.29) is 28.9 Å². The normalized spacial score (nSPS) is 11.0. The fraction of sp³-hybridized carbons (Fsp3) is 0.207. The van der Waals surface area contributed by atoms with Gasteiger partial charge in [0, 0.05) is 24.0 Å². The summed E-state index contributed by atoms with van der Waals surface area (Å²) in [5.41, 5.74) is 6.30. The van der Waals surface area contributed by atoms with Crippen LogP contribution in [0.3, 0.4) is 0 Å². The van der Waals surface area contributed by atoms with Crippen LogP contribution in [0.4, 0.5) is 0 Å². The molecule has 0 unspecified atom stereocenters. The van der Waals surface area contributed by atoms with Crippen LogP contribution in [0.1, 0.15) is 47.1 Å². The number of halogens is 1. The number of amides is 1. The molecule has 0 saturated heterocycles. The lowest BCUT2D eigenvalue weighted by Crippen LogP contribution is -2.16. The quantitative estimate of drug-likeness (QED) is 0.112. The predicted octanol–water partition coefficient (Wildman–Crippen LogP) is 6.01. The molecule has 0 fully saturated rings. The van der Waals surface area contributed by atoms with E-state index in [2.05, 4.69) is 41.1 Å². The molecule has 0 bridgehead atoms. The zero-order valence-electron chi connectivity index (χ0n) is 22.0. The summed E-state index contributed by atoms with van der Waals surface area (Å²) in [4.78, 5) is 23.8. The molecule has 10 heteroatoms. The second-order valence-electron chi connectivity index (χ2n) is 8.56. The fourth-order valence-corrected chi connectivity index (χ4v) is 4.15. The van der Waals surface area contributed by atoms with Crippen LogP contribution in [0, 0.1) is 13.8 Å². The first-order valence-electron chi connectivity index (χ1n) is 12.2. The topological polar surface area (TPSA) is 104 Å². The SMILES string of the molecule is CCOc1cc(/C=N/NC(=O)c2ccc(COc3ccc(-n4c(C)ccc4C)cc3)o2)cc(Cl)c1OC(C)=O. The lowest BCUT2D eigenvalue weighted by atomic mass is 10.2. The number of nitrogens with zero attached hydrogens (tertiary/aromatic N) is 2. The first-order valence-corrected chi connectivity index (χ1v) is 12.6. The van der Waals surface area contributed by atoms with Crippen LogP contribution in [0.5, 0.6) is 17.2 Å². The van der Waals surface area contributed by atoms with Gasteiger partial charge in [-0.15, -0.1) is 0 Å². The van der Waals surface area contributed by atoms with Gasteiger partial charge in [-0.25, -0.2) is 5.43 Å². The van der Waals surface area contributed by atoms with Crippen molar-refractivity contribution in [1.82, 2.24) is 9.99 Å². The fourth-order valence-electron chi connectivity index (χ4n) is 3.89. The summed E-state index contributed by atoms with van der Waals surface area (Å²) >= 11 is 6.24. The van der Waals surface area contributed by atoms with Gasteiger partial charge in [-0.3, -0.25) is 9.59 Å². The Morgan fingerprint density at radius 1 is 1.03 bits per heavy atom. The molecule has 0 atom stereocenters. The zero-order chi connectivity index (χ0) is 27.9. The number of esters is 1. The number of hydrogen-bond acceptors (Lipinski definition) is 7. The van der Waals surface area contributed by atoms with Crippen molar-refractivity contribution >= 4 is 29.7 Å². The number of carbonyl (C=O) groups is 2. The van der Waals surface area contributed by atoms with Crippen molar-refractivity contribution in [2.45, 2.75) is 34.3 Å². The number of furan rings is 1. The molecule has 0 spiro atoms. The molecule has 0 radical (unpaired) electrons. The summed E-state index contributed by atoms with van der Waals surface area (Å²) in [5, 5.41) is 4.13. The summed E-state index contributed by atoms with van der Waals surface area (Å²) in [6, 6.07) is 18.3. The minimum absolute atomic E-state index is 0.0814. The van der Waals surface area contributed by atoms with E-state index < -0.39 is 11.9 Å². The molecule has 2 aromatic carbocycles. The minimum Gasteiger partial charge on any atom is -0.490 e. The molecule has 0 saturated carbocycles. The van der Waals surface area contributed by atoms with Gasteiger partial charge in [-0.1, -0.05) is 11.6 Å². The van der Waals surface area contributed by atoms with Gasteiger partial charge >= 0.3 is 11.9 Å². The van der Waals surface area contributed by atoms with E-state index in [1.807, 2.05) is 24.3 Å². The zero-order valence-corrected chi connectivity index (χ0v) is 22.7. The van der Waals surface area contributed by atoms with Gasteiger partial charge in [-0.05, 0) is 87.0 Å². The molecule has 39 heavy (non-hydrogen) atoms. The maximum atomic E-state index is 12.5. The van der Waals surface area contributed by atoms with Crippen molar-refractivity contribution in [2.75, 3.05) is 6.61 Å². The third kappa shape index (κ3) is 6.88. The van der Waals surface area contributed by atoms with E-state index in [9.17, 15) is 9.59 Å². The van der Waals surface area contributed by atoms with Crippen molar-refractivity contribution in [1.29, 1.82) is 0 Å². The van der Waals surface area contributed by atoms with Crippen molar-refractivity contribution < 1.29 is 28.2 Å². The Balaban J connectivity index is 1.33. The van der Waals surface area contributed by atoms with Crippen molar-refractivity contribution in [3.05, 3.63) is 94.2 Å². The van der Waals surface area contributed by atoms with Gasteiger partial charge in [-0.2, -0.15) is 5.10 Å². The molecule has 2 heterocycles. The standard InChI is InChI=1S/C29H28ClN3O6/c1-5-36-27-15-21(14-25(30)28(27)38-20(4)34)16-31-32-29(35)26-13-12-24(39-26)17-37-23-10-8-22(9-11-23)33-18(2)6-7-19(33)3/h6-16H,5,17H2,1-4H3,(H,32,35)/b31-16+. The number of nitrogens with one attached hydrogen (secondary N) is 1. The van der Waals surface area contributed by atoms with E-state index in [0.29, 0.717) is 23.7 Å². The van der Waals surface area contributed by atoms with Crippen LogP contribution in [-0.4, -0.2) is 29.3 Å². The number of ether oxygens (including phenoxy) is 3. The Labute approximate surface area is 230 Å². The Kier molecular flexibility index (Phi) is 8.73. The number of aromatic nitrogens is 1. The minimum atomic E-state index is -0.535. The van der Waals surface area contributed by atoms with Crippen LogP contribution in [0.2, 0.25) is 5.02 Å². The molecule has 0 aliphatic heterocycles. The monoisotopic (exact) mass is 549 g/mol. The summed E-state index contributed by atoms with van der Waals surface area (Å²) < 4.78 is 24.2. The van der Waals surface area contributed by atoms with Crippen LogP contribution in [0.15, 0.2) is 70.2 Å². The van der Waals surface area contributed by atoms with Gasteiger partial charge in [0.25, 0.3) is 0 Å². The molecule has 0 aliphatic rings. The first kappa shape index (κ1) is 27.5. The Hall–Kier alpha value is -4.50. The molecule has 202 valence electrons. The second-order valence-corrected chi connectivity index (χ2v) is 8.96. The molecule has 4 aromatic rings. The van der Waals surface area contributed by atoms with Crippen molar-refractivity contribution in [3.63, 3.8) is 0 Å². The molecule has 9 nitrogen and oxygen atoms in total. The van der Waals surface area contributed by atoms with Gasteiger partial charge in [0.05, 0.1) is 17.8 Å². The average molecular weight is 550 g/mol. The number of hydrazone groups is 1. The molecular weight excluding hydrogens is 522 g/mol. The third-order valence-corrected chi connectivity index (χ3v) is 5.87. The lowest BCUT2D eigenvalue weighted by molar-refractivity contribution is -0.132. The molecule has 1 N–H and O–H groups in total. The van der Waals surface area contributed by atoms with E-state index in [0.717, 1.165) is 17.1 Å². The highest BCUT2D eigenvalue weighted by Crippen LogP contribution is 2.36. The van der Waals surface area contributed by atoms with E-state index in [4.69, 9.17) is 30.2 Å². The number of benzene rings is 2. The van der Waals surface area contributed by atoms with E-state index in [1.165, 1.54) is 19.2 Å². The molecule has 2 aromatic heterocycles. The highest BCUT2D eigenvalue weighted by Gasteiger charge is 2.15. The van der Waals surface area contributed by atoms with Crippen molar-refractivity contribution in [2.24, 2.45) is 5.10 Å². The maximum Gasteiger partial charge on any atom is 0.308 e. The number of rotatable bonds is 10. The highest BCUT2D eigenvalue weighted by molar-refractivity contribution is 6.32. The number of hydrogen-bond donors (Lipinski definition) is 1. The van der Waals surface area contributed by atoms with Gasteiger partial charge in [0.1, 0.15) is 18.1 Å². The summed E-state index contributed by atoms with van der Waals surface area (Å²) in [5.74, 6) is 0.598. The smallest absolute Gasteiger partial charge is 0.308 e. The summed E-state index contributed by atoms with van der Waals surface area (Å²) in [7, 11) is 0. The lowest BCUT2D eigenvalue weighted by Gasteiger charge is -2.12. The third-order valence-electron chi connectivity index (χ3n) is 5.59. The van der Waals surface area contributed by atoms with Gasteiger partial charge in [0.15, 0.2) is 17.3 Å². The Bertz CT molecular complexity index is 1480. The number of aryl methyl sites for hydroxylation is 2. The van der Waals surface area contributed by atoms with Gasteiger partial charge < -0.3 is 23.2 Å². The molecule has 1 amide bonds. The average Bonchev–Trinajstić information content (AvgIpc) is 3.51. The van der Waals surface area contributed by atoms with Crippen LogP contribution >= 0.6 is 11.6 Å². The summed E-state index contributed by atoms with van der Waals surface area (Å²) in [6.45, 7) is 7.68. The molecule has 4 rings (SSSR count). The Morgan fingerprint density at radius 2 is 1.74 bits per heavy atom. The predicted molar refractivity (Wildman–Crippen MR) is 147 cm³/mol. The maximum absolute atomic E-state index is 12.5. The van der Waals surface area contributed by atoms with Crippen LogP contribution in [-0.2, 0) is 11.4 Å². The molecule has 0 aliphatic carbocycles.